The van der Waals surface area contributed by atoms with E-state index < -0.39 is 10.8 Å². The van der Waals surface area contributed by atoms with E-state index in [-0.39, 0.29) is 5.25 Å². The Morgan fingerprint density at radius 3 is 2.79 bits per heavy atom. The van der Waals surface area contributed by atoms with E-state index in [0.717, 1.165) is 24.3 Å². The second kappa shape index (κ2) is 6.63. The van der Waals surface area contributed by atoms with Gasteiger partial charge in [-0.3, -0.25) is 4.21 Å². The van der Waals surface area contributed by atoms with Crippen molar-refractivity contribution in [1.82, 2.24) is 15.1 Å². The summed E-state index contributed by atoms with van der Waals surface area (Å²) < 4.78 is 13.1. The number of aromatic nitrogens is 2. The van der Waals surface area contributed by atoms with Crippen molar-refractivity contribution in [2.45, 2.75) is 18.7 Å². The maximum absolute atomic E-state index is 11.2. The molecule has 19 heavy (non-hydrogen) atoms. The van der Waals surface area contributed by atoms with Crippen LogP contribution in [0, 0.1) is 0 Å². The van der Waals surface area contributed by atoms with Crippen LogP contribution in [0.15, 0.2) is 42.7 Å². The number of para-hydroxylation sites is 1. The lowest BCUT2D eigenvalue weighted by Gasteiger charge is -2.08. The highest BCUT2D eigenvalue weighted by atomic mass is 32.2. The van der Waals surface area contributed by atoms with Crippen LogP contribution in [0.1, 0.15) is 12.5 Å². The van der Waals surface area contributed by atoms with Gasteiger partial charge in [-0.2, -0.15) is 5.10 Å². The van der Waals surface area contributed by atoms with Gasteiger partial charge < -0.3 is 5.32 Å². The lowest BCUT2D eigenvalue weighted by atomic mass is 10.3. The molecule has 0 bridgehead atoms. The molecule has 1 heterocycles. The minimum absolute atomic E-state index is 0.171. The van der Waals surface area contributed by atoms with E-state index in [1.54, 1.807) is 6.26 Å². The van der Waals surface area contributed by atoms with Gasteiger partial charge in [0.05, 0.1) is 11.9 Å². The van der Waals surface area contributed by atoms with E-state index in [1.165, 1.54) is 0 Å². The zero-order chi connectivity index (χ0) is 13.7. The molecule has 4 nitrogen and oxygen atoms in total. The molecule has 1 N–H and O–H groups in total. The highest BCUT2D eigenvalue weighted by Crippen LogP contribution is 2.07. The molecule has 0 saturated heterocycles. The quantitative estimate of drug-likeness (QED) is 0.874. The number of nitrogens with one attached hydrogen (secondary N) is 1. The van der Waals surface area contributed by atoms with Gasteiger partial charge in [-0.15, -0.1) is 0 Å². The Morgan fingerprint density at radius 2 is 2.11 bits per heavy atom. The monoisotopic (exact) mass is 277 g/mol. The molecular formula is C14H19N3OS. The molecule has 0 radical (unpaired) electrons. The number of nitrogens with zero attached hydrogens (tertiary/aromatic N) is 2. The van der Waals surface area contributed by atoms with Gasteiger partial charge in [0.25, 0.3) is 0 Å². The SMILES string of the molecule is CC(CNCc1cnn(-c2ccccc2)c1)S(C)=O. The molecule has 2 unspecified atom stereocenters. The standard InChI is InChI=1S/C14H19N3OS/c1-12(19(2)18)8-15-9-13-10-16-17(11-13)14-6-4-3-5-7-14/h3-7,10-12,15H,8-9H2,1-2H3. The normalized spacial score (nSPS) is 14.2. The Bertz CT molecular complexity index is 539. The van der Waals surface area contributed by atoms with Crippen LogP contribution in [0.25, 0.3) is 5.69 Å². The van der Waals surface area contributed by atoms with Gasteiger partial charge in [-0.1, -0.05) is 18.2 Å². The summed E-state index contributed by atoms with van der Waals surface area (Å²) in [5.74, 6) is 0. The average molecular weight is 277 g/mol. The van der Waals surface area contributed by atoms with Crippen molar-refractivity contribution in [2.75, 3.05) is 12.8 Å². The molecule has 0 saturated carbocycles. The predicted molar refractivity (Wildman–Crippen MR) is 78.8 cm³/mol. The summed E-state index contributed by atoms with van der Waals surface area (Å²) in [6.07, 6.45) is 5.60. The van der Waals surface area contributed by atoms with Crippen LogP contribution in [0.2, 0.25) is 0 Å². The van der Waals surface area contributed by atoms with Crippen LogP contribution in [-0.4, -0.2) is 32.0 Å². The first-order valence-corrected chi connectivity index (χ1v) is 7.91. The molecule has 0 aliphatic rings. The Balaban J connectivity index is 1.90. The fourth-order valence-corrected chi connectivity index (χ4v) is 2.06. The Kier molecular flexibility index (Phi) is 4.87. The lowest BCUT2D eigenvalue weighted by molar-refractivity contribution is 0.647. The summed E-state index contributed by atoms with van der Waals surface area (Å²) in [6.45, 7) is 3.48. The van der Waals surface area contributed by atoms with Gasteiger partial charge in [0, 0.05) is 47.2 Å². The van der Waals surface area contributed by atoms with Crippen molar-refractivity contribution in [3.05, 3.63) is 48.3 Å². The number of hydrogen-bond donors (Lipinski definition) is 1. The topological polar surface area (TPSA) is 46.9 Å². The first-order valence-electron chi connectivity index (χ1n) is 6.28. The van der Waals surface area contributed by atoms with Crippen molar-refractivity contribution in [3.63, 3.8) is 0 Å². The third-order valence-corrected chi connectivity index (χ3v) is 4.28. The van der Waals surface area contributed by atoms with E-state index in [2.05, 4.69) is 10.4 Å². The van der Waals surface area contributed by atoms with E-state index in [4.69, 9.17) is 0 Å². The third-order valence-electron chi connectivity index (χ3n) is 2.98. The van der Waals surface area contributed by atoms with Gasteiger partial charge in [-0.25, -0.2) is 4.68 Å². The molecule has 0 spiro atoms. The van der Waals surface area contributed by atoms with Gasteiger partial charge in [0.2, 0.25) is 0 Å². The van der Waals surface area contributed by atoms with Crippen LogP contribution in [0.5, 0.6) is 0 Å². The van der Waals surface area contributed by atoms with E-state index >= 15 is 0 Å². The first-order chi connectivity index (χ1) is 9.16. The highest BCUT2D eigenvalue weighted by Gasteiger charge is 2.06. The van der Waals surface area contributed by atoms with Crippen LogP contribution in [0.4, 0.5) is 0 Å². The van der Waals surface area contributed by atoms with Gasteiger partial charge >= 0.3 is 0 Å². The second-order valence-electron chi connectivity index (χ2n) is 4.57. The van der Waals surface area contributed by atoms with Crippen LogP contribution in [0.3, 0.4) is 0 Å². The zero-order valence-corrected chi connectivity index (χ0v) is 12.1. The molecule has 0 fully saturated rings. The fraction of sp³-hybridized carbons (Fsp3) is 0.357. The Labute approximate surface area is 116 Å². The second-order valence-corrected chi connectivity index (χ2v) is 6.37. The van der Waals surface area contributed by atoms with Crippen molar-refractivity contribution < 1.29 is 4.21 Å². The molecule has 2 rings (SSSR count). The molecule has 102 valence electrons. The molecule has 0 aliphatic carbocycles. The van der Waals surface area contributed by atoms with Crippen molar-refractivity contribution >= 4 is 10.8 Å². The molecule has 0 aliphatic heterocycles. The van der Waals surface area contributed by atoms with Crippen molar-refractivity contribution in [3.8, 4) is 5.69 Å². The molecule has 0 amide bonds. The largest absolute Gasteiger partial charge is 0.311 e. The maximum Gasteiger partial charge on any atom is 0.0645 e. The first kappa shape index (κ1) is 14.0. The molecule has 2 aromatic rings. The predicted octanol–water partition coefficient (Wildman–Crippen LogP) is 1.73. The number of rotatable bonds is 6. The number of benzene rings is 1. The summed E-state index contributed by atoms with van der Waals surface area (Å²) in [6, 6.07) is 10.0. The Morgan fingerprint density at radius 1 is 1.37 bits per heavy atom. The lowest BCUT2D eigenvalue weighted by Crippen LogP contribution is -2.27. The summed E-state index contributed by atoms with van der Waals surface area (Å²) in [5.41, 5.74) is 2.18. The van der Waals surface area contributed by atoms with E-state index in [9.17, 15) is 4.21 Å². The molecule has 2 atom stereocenters. The third kappa shape index (κ3) is 4.01. The molecule has 1 aromatic heterocycles. The average Bonchev–Trinajstić information content (AvgIpc) is 2.88. The molecule has 1 aromatic carbocycles. The van der Waals surface area contributed by atoms with Crippen LogP contribution >= 0.6 is 0 Å². The Hall–Kier alpha value is -1.46. The van der Waals surface area contributed by atoms with E-state index in [0.29, 0.717) is 0 Å². The van der Waals surface area contributed by atoms with Crippen molar-refractivity contribution in [1.29, 1.82) is 0 Å². The van der Waals surface area contributed by atoms with Gasteiger partial charge in [0.15, 0.2) is 0 Å². The summed E-state index contributed by atoms with van der Waals surface area (Å²) in [4.78, 5) is 0. The summed E-state index contributed by atoms with van der Waals surface area (Å²) in [5, 5.41) is 7.81. The fourth-order valence-electron chi connectivity index (χ4n) is 1.71. The van der Waals surface area contributed by atoms with Gasteiger partial charge in [0.1, 0.15) is 0 Å². The zero-order valence-electron chi connectivity index (χ0n) is 11.2. The minimum Gasteiger partial charge on any atom is -0.311 e. The highest BCUT2D eigenvalue weighted by molar-refractivity contribution is 7.84. The van der Waals surface area contributed by atoms with E-state index in [1.807, 2.05) is 54.3 Å². The summed E-state index contributed by atoms with van der Waals surface area (Å²) in [7, 11) is -0.776. The summed E-state index contributed by atoms with van der Waals surface area (Å²) >= 11 is 0. The number of hydrogen-bond acceptors (Lipinski definition) is 3. The molecular weight excluding hydrogens is 258 g/mol. The smallest absolute Gasteiger partial charge is 0.0645 e. The maximum atomic E-state index is 11.2. The minimum atomic E-state index is -0.776. The van der Waals surface area contributed by atoms with Crippen LogP contribution in [-0.2, 0) is 17.3 Å². The molecule has 5 heteroatoms. The van der Waals surface area contributed by atoms with Crippen molar-refractivity contribution in [2.24, 2.45) is 0 Å². The van der Waals surface area contributed by atoms with Crippen LogP contribution < -0.4 is 5.32 Å². The van der Waals surface area contributed by atoms with Gasteiger partial charge in [-0.05, 0) is 19.1 Å².